The van der Waals surface area contributed by atoms with Gasteiger partial charge in [0.1, 0.15) is 0 Å². The van der Waals surface area contributed by atoms with Crippen molar-refractivity contribution in [1.82, 2.24) is 9.80 Å². The van der Waals surface area contributed by atoms with E-state index in [1.54, 1.807) is 0 Å². The highest BCUT2D eigenvalue weighted by Gasteiger charge is 2.23. The van der Waals surface area contributed by atoms with Crippen molar-refractivity contribution in [3.8, 4) is 0 Å². The molecule has 23 heavy (non-hydrogen) atoms. The highest BCUT2D eigenvalue weighted by molar-refractivity contribution is 5.93. The Labute approximate surface area is 138 Å². The maximum absolute atomic E-state index is 12.2. The van der Waals surface area contributed by atoms with E-state index in [0.29, 0.717) is 19.6 Å². The Bertz CT molecular complexity index is 549. The lowest BCUT2D eigenvalue weighted by Gasteiger charge is -2.35. The molecule has 0 aromatic heterocycles. The molecule has 1 fully saturated rings. The molecule has 1 aromatic rings. The van der Waals surface area contributed by atoms with Crippen molar-refractivity contribution < 1.29 is 9.59 Å². The van der Waals surface area contributed by atoms with Crippen LogP contribution in [0.15, 0.2) is 24.3 Å². The zero-order valence-corrected chi connectivity index (χ0v) is 14.3. The smallest absolute Gasteiger partial charge is 0.238 e. The summed E-state index contributed by atoms with van der Waals surface area (Å²) in [6.07, 6.45) is 0.895. The number of para-hydroxylation sites is 1. The highest BCUT2D eigenvalue weighted by Crippen LogP contribution is 2.15. The molecule has 126 valence electrons. The normalized spacial score (nSPS) is 15.7. The third kappa shape index (κ3) is 4.79. The molecule has 1 saturated heterocycles. The molecule has 1 aliphatic heterocycles. The Morgan fingerprint density at radius 1 is 1.13 bits per heavy atom. The van der Waals surface area contributed by atoms with Crippen LogP contribution < -0.4 is 5.32 Å². The van der Waals surface area contributed by atoms with E-state index in [1.807, 2.05) is 43.0 Å². The predicted octanol–water partition coefficient (Wildman–Crippen LogP) is 1.99. The second kappa shape index (κ2) is 8.11. The molecule has 5 nitrogen and oxygen atoms in total. The van der Waals surface area contributed by atoms with Crippen molar-refractivity contribution >= 4 is 17.5 Å². The summed E-state index contributed by atoms with van der Waals surface area (Å²) < 4.78 is 0. The van der Waals surface area contributed by atoms with E-state index in [9.17, 15) is 9.59 Å². The summed E-state index contributed by atoms with van der Waals surface area (Å²) in [6.45, 7) is 9.21. The number of carbonyl (C=O) groups excluding carboxylic acids is 2. The number of nitrogens with one attached hydrogen (secondary N) is 1. The van der Waals surface area contributed by atoms with Crippen LogP contribution in [0.5, 0.6) is 0 Å². The molecule has 2 amide bonds. The number of carbonyl (C=O) groups is 2. The lowest BCUT2D eigenvalue weighted by atomic mass is 10.1. The number of piperazine rings is 1. The summed E-state index contributed by atoms with van der Waals surface area (Å²) in [6, 6.07) is 7.90. The molecule has 2 rings (SSSR count). The third-order valence-electron chi connectivity index (χ3n) is 4.22. The molecule has 0 radical (unpaired) electrons. The molecule has 5 heteroatoms. The van der Waals surface area contributed by atoms with Gasteiger partial charge < -0.3 is 10.2 Å². The van der Waals surface area contributed by atoms with Crippen molar-refractivity contribution in [3.05, 3.63) is 29.8 Å². The van der Waals surface area contributed by atoms with Gasteiger partial charge in [-0.15, -0.1) is 0 Å². The van der Waals surface area contributed by atoms with E-state index in [1.165, 1.54) is 0 Å². The molecular weight excluding hydrogens is 290 g/mol. The predicted molar refractivity (Wildman–Crippen MR) is 92.3 cm³/mol. The number of aryl methyl sites for hydroxylation is 1. The highest BCUT2D eigenvalue weighted by atomic mass is 16.2. The van der Waals surface area contributed by atoms with Crippen LogP contribution in [0, 0.1) is 5.92 Å². The average molecular weight is 317 g/mol. The van der Waals surface area contributed by atoms with E-state index < -0.39 is 0 Å². The molecule has 0 spiro atoms. The van der Waals surface area contributed by atoms with Gasteiger partial charge in [-0.05, 0) is 18.1 Å². The van der Waals surface area contributed by atoms with E-state index in [2.05, 4.69) is 17.1 Å². The molecule has 1 aliphatic rings. The Hall–Kier alpha value is -1.88. The second-order valence-corrected chi connectivity index (χ2v) is 6.32. The molecule has 0 saturated carbocycles. The van der Waals surface area contributed by atoms with Crippen LogP contribution in [0.2, 0.25) is 0 Å². The first-order valence-electron chi connectivity index (χ1n) is 8.40. The minimum atomic E-state index is 0.00883. The zero-order chi connectivity index (χ0) is 16.8. The van der Waals surface area contributed by atoms with Gasteiger partial charge in [0.2, 0.25) is 11.8 Å². The topological polar surface area (TPSA) is 52.7 Å². The number of hydrogen-bond donors (Lipinski definition) is 1. The van der Waals surface area contributed by atoms with Gasteiger partial charge in [-0.25, -0.2) is 0 Å². The first-order valence-corrected chi connectivity index (χ1v) is 8.40. The van der Waals surface area contributed by atoms with E-state index >= 15 is 0 Å². The summed E-state index contributed by atoms with van der Waals surface area (Å²) in [5, 5.41) is 3.00. The third-order valence-corrected chi connectivity index (χ3v) is 4.22. The van der Waals surface area contributed by atoms with E-state index in [-0.39, 0.29) is 17.7 Å². The number of nitrogens with zero attached hydrogens (tertiary/aromatic N) is 2. The van der Waals surface area contributed by atoms with Gasteiger partial charge in [0.05, 0.1) is 6.54 Å². The molecule has 1 heterocycles. The summed E-state index contributed by atoms with van der Waals surface area (Å²) in [5.74, 6) is 0.246. The number of hydrogen-bond acceptors (Lipinski definition) is 3. The zero-order valence-electron chi connectivity index (χ0n) is 14.3. The van der Waals surface area contributed by atoms with Gasteiger partial charge in [-0.2, -0.15) is 0 Å². The molecule has 0 atom stereocenters. The van der Waals surface area contributed by atoms with Crippen LogP contribution in [0.1, 0.15) is 26.3 Å². The standard InChI is InChI=1S/C18H27N3O2/c1-4-15-7-5-6-8-16(15)19-17(22)13-20-9-11-21(12-10-20)18(23)14(2)3/h5-8,14H,4,9-13H2,1-3H3,(H,19,22). The summed E-state index contributed by atoms with van der Waals surface area (Å²) >= 11 is 0. The van der Waals surface area contributed by atoms with Crippen molar-refractivity contribution in [2.24, 2.45) is 5.92 Å². The Kier molecular flexibility index (Phi) is 6.16. The number of anilines is 1. The monoisotopic (exact) mass is 317 g/mol. The van der Waals surface area contributed by atoms with Crippen molar-refractivity contribution in [2.45, 2.75) is 27.2 Å². The van der Waals surface area contributed by atoms with Gasteiger partial charge in [0.15, 0.2) is 0 Å². The number of rotatable bonds is 5. The first-order chi connectivity index (χ1) is 11.0. The molecule has 0 bridgehead atoms. The van der Waals surface area contributed by atoms with Gasteiger partial charge in [-0.1, -0.05) is 39.0 Å². The van der Waals surface area contributed by atoms with Gasteiger partial charge in [-0.3, -0.25) is 14.5 Å². The first kappa shape index (κ1) is 17.5. The maximum atomic E-state index is 12.2. The van der Waals surface area contributed by atoms with Crippen LogP contribution >= 0.6 is 0 Å². The molecular formula is C18H27N3O2. The number of benzene rings is 1. The van der Waals surface area contributed by atoms with E-state index in [0.717, 1.165) is 30.8 Å². The quantitative estimate of drug-likeness (QED) is 0.903. The molecule has 0 unspecified atom stereocenters. The summed E-state index contributed by atoms with van der Waals surface area (Å²) in [4.78, 5) is 28.2. The fourth-order valence-corrected chi connectivity index (χ4v) is 2.83. The van der Waals surface area contributed by atoms with Crippen LogP contribution in [0.4, 0.5) is 5.69 Å². The van der Waals surface area contributed by atoms with Crippen LogP contribution in [-0.4, -0.2) is 54.3 Å². The largest absolute Gasteiger partial charge is 0.340 e. The molecule has 0 aliphatic carbocycles. The lowest BCUT2D eigenvalue weighted by molar-refractivity contribution is -0.136. The average Bonchev–Trinajstić information content (AvgIpc) is 2.55. The fourth-order valence-electron chi connectivity index (χ4n) is 2.83. The van der Waals surface area contributed by atoms with Gasteiger partial charge in [0, 0.05) is 37.8 Å². The SMILES string of the molecule is CCc1ccccc1NC(=O)CN1CCN(C(=O)C(C)C)CC1. The maximum Gasteiger partial charge on any atom is 0.238 e. The van der Waals surface area contributed by atoms with Crippen LogP contribution in [0.3, 0.4) is 0 Å². The lowest BCUT2D eigenvalue weighted by Crippen LogP contribution is -2.51. The minimum Gasteiger partial charge on any atom is -0.340 e. The Balaban J connectivity index is 1.82. The van der Waals surface area contributed by atoms with Crippen LogP contribution in [0.25, 0.3) is 0 Å². The fraction of sp³-hybridized carbons (Fsp3) is 0.556. The summed E-state index contributed by atoms with van der Waals surface area (Å²) in [7, 11) is 0. The van der Waals surface area contributed by atoms with Crippen molar-refractivity contribution in [1.29, 1.82) is 0 Å². The van der Waals surface area contributed by atoms with E-state index in [4.69, 9.17) is 0 Å². The van der Waals surface area contributed by atoms with Gasteiger partial charge >= 0.3 is 0 Å². The Morgan fingerprint density at radius 2 is 1.78 bits per heavy atom. The molecule has 1 N–H and O–H groups in total. The van der Waals surface area contributed by atoms with Gasteiger partial charge in [0.25, 0.3) is 0 Å². The number of amides is 2. The molecule has 1 aromatic carbocycles. The van der Waals surface area contributed by atoms with Crippen molar-refractivity contribution in [3.63, 3.8) is 0 Å². The summed E-state index contributed by atoms with van der Waals surface area (Å²) in [5.41, 5.74) is 2.04. The van der Waals surface area contributed by atoms with Crippen molar-refractivity contribution in [2.75, 3.05) is 38.0 Å². The second-order valence-electron chi connectivity index (χ2n) is 6.32. The van der Waals surface area contributed by atoms with Crippen LogP contribution in [-0.2, 0) is 16.0 Å². The Morgan fingerprint density at radius 3 is 2.39 bits per heavy atom. The minimum absolute atomic E-state index is 0.00883.